The molecule has 0 amide bonds. The minimum absolute atomic E-state index is 0.333. The number of nitriles is 1. The van der Waals surface area contributed by atoms with Crippen LogP contribution in [0.4, 0.5) is 10.2 Å². The monoisotopic (exact) mass is 401 g/mol. The Balaban J connectivity index is 1.90. The molecule has 0 radical (unpaired) electrons. The van der Waals surface area contributed by atoms with Gasteiger partial charge in [-0.1, -0.05) is 38.1 Å². The van der Waals surface area contributed by atoms with Crippen LogP contribution >= 0.6 is 0 Å². The van der Waals surface area contributed by atoms with Crippen molar-refractivity contribution in [3.8, 4) is 17.2 Å². The lowest BCUT2D eigenvalue weighted by molar-refractivity contribution is 0.316. The highest BCUT2D eigenvalue weighted by atomic mass is 19.1. The molecule has 0 saturated heterocycles. The number of pyridine rings is 1. The number of likely N-dealkylation sites (N-methyl/N-ethyl adjacent to an activating group) is 1. The van der Waals surface area contributed by atoms with Gasteiger partial charge in [0.25, 0.3) is 0 Å². The van der Waals surface area contributed by atoms with Crippen LogP contribution in [0.25, 0.3) is 27.8 Å². The molecule has 0 aliphatic rings. The van der Waals surface area contributed by atoms with Crippen LogP contribution in [0, 0.1) is 17.1 Å². The van der Waals surface area contributed by atoms with Crippen LogP contribution in [0.2, 0.25) is 0 Å². The summed E-state index contributed by atoms with van der Waals surface area (Å²) in [6.45, 7) is 7.92. The molecular weight excluding hydrogens is 377 g/mol. The fourth-order valence-corrected chi connectivity index (χ4v) is 3.84. The van der Waals surface area contributed by atoms with Gasteiger partial charge in [-0.15, -0.1) is 0 Å². The van der Waals surface area contributed by atoms with E-state index in [9.17, 15) is 9.65 Å². The van der Waals surface area contributed by atoms with Gasteiger partial charge < -0.3 is 10.2 Å². The first-order valence-electron chi connectivity index (χ1n) is 10.2. The zero-order valence-electron chi connectivity index (χ0n) is 17.2. The number of nitrogens with one attached hydrogen (secondary N) is 1. The number of anilines is 1. The van der Waals surface area contributed by atoms with Crippen molar-refractivity contribution in [1.82, 2.24) is 14.3 Å². The number of imidazole rings is 1. The van der Waals surface area contributed by atoms with Gasteiger partial charge in [0.15, 0.2) is 5.65 Å². The van der Waals surface area contributed by atoms with Crippen molar-refractivity contribution in [2.75, 3.05) is 31.5 Å². The summed E-state index contributed by atoms with van der Waals surface area (Å²) in [6, 6.07) is 18.4. The molecule has 0 aliphatic heterocycles. The Hall–Kier alpha value is -3.43. The van der Waals surface area contributed by atoms with Crippen molar-refractivity contribution in [3.05, 3.63) is 66.0 Å². The van der Waals surface area contributed by atoms with Crippen molar-refractivity contribution in [3.63, 3.8) is 0 Å². The first kappa shape index (κ1) is 19.9. The number of hydrogen-bond donors (Lipinski definition) is 1. The van der Waals surface area contributed by atoms with E-state index >= 15 is 0 Å². The SMILES string of the molecule is CCN(CC)CCNc1cc(-c2cccc(F)c2)c(C#N)c2nc3ccccc3n12. The molecule has 0 spiro atoms. The molecule has 0 saturated carbocycles. The van der Waals surface area contributed by atoms with Crippen LogP contribution < -0.4 is 5.32 Å². The lowest BCUT2D eigenvalue weighted by atomic mass is 10.0. The highest BCUT2D eigenvalue weighted by Gasteiger charge is 2.18. The van der Waals surface area contributed by atoms with Gasteiger partial charge in [0.2, 0.25) is 0 Å². The van der Waals surface area contributed by atoms with Gasteiger partial charge in [-0.3, -0.25) is 4.40 Å². The predicted octanol–water partition coefficient (Wildman–Crippen LogP) is 4.92. The lowest BCUT2D eigenvalue weighted by Gasteiger charge is -2.19. The second-order valence-electron chi connectivity index (χ2n) is 7.15. The van der Waals surface area contributed by atoms with Gasteiger partial charge in [0.05, 0.1) is 11.0 Å². The molecule has 6 heteroatoms. The molecule has 0 atom stereocenters. The van der Waals surface area contributed by atoms with Crippen molar-refractivity contribution >= 4 is 22.5 Å². The molecule has 30 heavy (non-hydrogen) atoms. The van der Waals surface area contributed by atoms with E-state index in [0.717, 1.165) is 43.0 Å². The molecule has 4 rings (SSSR count). The van der Waals surface area contributed by atoms with Crippen molar-refractivity contribution < 1.29 is 4.39 Å². The summed E-state index contributed by atoms with van der Waals surface area (Å²) in [7, 11) is 0. The van der Waals surface area contributed by atoms with E-state index < -0.39 is 0 Å². The van der Waals surface area contributed by atoms with E-state index in [4.69, 9.17) is 4.98 Å². The Morgan fingerprint density at radius 1 is 1.10 bits per heavy atom. The maximum absolute atomic E-state index is 13.9. The normalized spacial score (nSPS) is 11.3. The molecule has 0 unspecified atom stereocenters. The van der Waals surface area contributed by atoms with E-state index in [1.165, 1.54) is 12.1 Å². The van der Waals surface area contributed by atoms with Crippen molar-refractivity contribution in [2.45, 2.75) is 13.8 Å². The minimum Gasteiger partial charge on any atom is -0.370 e. The Morgan fingerprint density at radius 3 is 2.63 bits per heavy atom. The summed E-state index contributed by atoms with van der Waals surface area (Å²) >= 11 is 0. The topological polar surface area (TPSA) is 56.4 Å². The van der Waals surface area contributed by atoms with Crippen LogP contribution in [0.3, 0.4) is 0 Å². The van der Waals surface area contributed by atoms with Gasteiger partial charge in [-0.2, -0.15) is 5.26 Å². The summed E-state index contributed by atoms with van der Waals surface area (Å²) in [6.07, 6.45) is 0. The second-order valence-corrected chi connectivity index (χ2v) is 7.15. The van der Waals surface area contributed by atoms with Gasteiger partial charge >= 0.3 is 0 Å². The first-order valence-corrected chi connectivity index (χ1v) is 10.2. The molecule has 5 nitrogen and oxygen atoms in total. The van der Waals surface area contributed by atoms with Crippen LogP contribution in [0.15, 0.2) is 54.6 Å². The Bertz CT molecular complexity index is 1230. The Morgan fingerprint density at radius 2 is 1.90 bits per heavy atom. The Kier molecular flexibility index (Phi) is 5.64. The van der Waals surface area contributed by atoms with Crippen LogP contribution in [0.5, 0.6) is 0 Å². The molecular formula is C24H24FN5. The highest BCUT2D eigenvalue weighted by molar-refractivity contribution is 5.89. The molecule has 2 aromatic heterocycles. The fraction of sp³-hybridized carbons (Fsp3) is 0.250. The number of aromatic nitrogens is 2. The summed E-state index contributed by atoms with van der Waals surface area (Å²) < 4.78 is 15.9. The summed E-state index contributed by atoms with van der Waals surface area (Å²) in [5, 5.41) is 13.5. The zero-order chi connectivity index (χ0) is 21.1. The number of para-hydroxylation sites is 2. The number of fused-ring (bicyclic) bond motifs is 3. The molecule has 152 valence electrons. The molecule has 1 N–H and O–H groups in total. The van der Waals surface area contributed by atoms with Crippen LogP contribution in [-0.4, -0.2) is 40.5 Å². The predicted molar refractivity (Wildman–Crippen MR) is 119 cm³/mol. The third-order valence-electron chi connectivity index (χ3n) is 5.45. The molecule has 0 bridgehead atoms. The van der Waals surface area contributed by atoms with Gasteiger partial charge in [0, 0.05) is 18.7 Å². The van der Waals surface area contributed by atoms with E-state index in [2.05, 4.69) is 30.1 Å². The number of nitrogens with zero attached hydrogens (tertiary/aromatic N) is 4. The fourth-order valence-electron chi connectivity index (χ4n) is 3.84. The standard InChI is InChI=1S/C24H24FN5/c1-3-29(4-2)13-12-27-23-15-19(17-8-7-9-18(25)14-17)20(16-26)24-28-21-10-5-6-11-22(21)30(23)24/h5-11,14-15,27H,3-4,12-13H2,1-2H3. The first-order chi connectivity index (χ1) is 14.7. The third-order valence-corrected chi connectivity index (χ3v) is 5.45. The van der Waals surface area contributed by atoms with E-state index in [1.54, 1.807) is 6.07 Å². The molecule has 2 heterocycles. The van der Waals surface area contributed by atoms with Gasteiger partial charge in [-0.05, 0) is 49.0 Å². The van der Waals surface area contributed by atoms with Gasteiger partial charge in [-0.25, -0.2) is 9.37 Å². The minimum atomic E-state index is -0.333. The van der Waals surface area contributed by atoms with Crippen molar-refractivity contribution in [2.24, 2.45) is 0 Å². The van der Waals surface area contributed by atoms with Crippen LogP contribution in [-0.2, 0) is 0 Å². The quantitative estimate of drug-likeness (QED) is 0.478. The van der Waals surface area contributed by atoms with E-state index in [1.807, 2.05) is 40.8 Å². The summed E-state index contributed by atoms with van der Waals surface area (Å²) in [4.78, 5) is 7.07. The Labute approximate surface area is 175 Å². The average molecular weight is 401 g/mol. The molecule has 0 aliphatic carbocycles. The third kappa shape index (κ3) is 3.60. The second kappa shape index (κ2) is 8.52. The lowest BCUT2D eigenvalue weighted by Crippen LogP contribution is -2.29. The van der Waals surface area contributed by atoms with Crippen LogP contribution in [0.1, 0.15) is 19.4 Å². The maximum atomic E-state index is 13.9. The summed E-state index contributed by atoms with van der Waals surface area (Å²) in [5.41, 5.74) is 4.09. The molecule has 0 fully saturated rings. The van der Waals surface area contributed by atoms with E-state index in [-0.39, 0.29) is 5.82 Å². The maximum Gasteiger partial charge on any atom is 0.158 e. The molecule has 4 aromatic rings. The van der Waals surface area contributed by atoms with Crippen molar-refractivity contribution in [1.29, 1.82) is 5.26 Å². The smallest absolute Gasteiger partial charge is 0.158 e. The summed E-state index contributed by atoms with van der Waals surface area (Å²) in [5.74, 6) is 0.505. The number of hydrogen-bond acceptors (Lipinski definition) is 4. The number of rotatable bonds is 7. The largest absolute Gasteiger partial charge is 0.370 e. The molecule has 2 aromatic carbocycles. The average Bonchev–Trinajstić information content (AvgIpc) is 3.16. The highest BCUT2D eigenvalue weighted by Crippen LogP contribution is 2.33. The van der Waals surface area contributed by atoms with E-state index in [0.29, 0.717) is 22.3 Å². The number of halogens is 1. The van der Waals surface area contributed by atoms with Gasteiger partial charge in [0.1, 0.15) is 23.3 Å². The zero-order valence-corrected chi connectivity index (χ0v) is 17.2. The number of benzene rings is 2.